The van der Waals surface area contributed by atoms with E-state index in [9.17, 15) is 5.11 Å². The average Bonchev–Trinajstić information content (AvgIpc) is 2.83. The number of allylic oxidation sites excluding steroid dienone is 1. The summed E-state index contributed by atoms with van der Waals surface area (Å²) in [7, 11) is 0. The van der Waals surface area contributed by atoms with Gasteiger partial charge in [0.2, 0.25) is 0 Å². The van der Waals surface area contributed by atoms with Crippen LogP contribution in [-0.2, 0) is 5.41 Å². The zero-order valence-electron chi connectivity index (χ0n) is 7.88. The summed E-state index contributed by atoms with van der Waals surface area (Å²) < 4.78 is 0. The van der Waals surface area contributed by atoms with Crippen molar-refractivity contribution in [1.82, 2.24) is 0 Å². The predicted molar refractivity (Wildman–Crippen MR) is 53.9 cm³/mol. The molecule has 0 amide bonds. The van der Waals surface area contributed by atoms with Crippen LogP contribution in [0.4, 0.5) is 0 Å². The molecule has 0 aliphatic heterocycles. The maximum Gasteiger partial charge on any atom is 0.0956 e. The first-order valence-electron chi connectivity index (χ1n) is 4.61. The second-order valence-electron chi connectivity index (χ2n) is 3.90. The zero-order valence-corrected chi connectivity index (χ0v) is 7.88. The Bertz CT molecular complexity index is 348. The third-order valence-corrected chi connectivity index (χ3v) is 2.87. The Morgan fingerprint density at radius 2 is 2.15 bits per heavy atom. The van der Waals surface area contributed by atoms with Crippen molar-refractivity contribution >= 4 is 0 Å². The van der Waals surface area contributed by atoms with Crippen LogP contribution in [0.25, 0.3) is 0 Å². The Hall–Kier alpha value is -1.24. The largest absolute Gasteiger partial charge is 0.512 e. The Balaban J connectivity index is 2.41. The van der Waals surface area contributed by atoms with E-state index in [0.29, 0.717) is 5.76 Å². The van der Waals surface area contributed by atoms with Gasteiger partial charge in [-0.25, -0.2) is 0 Å². The highest BCUT2D eigenvalue weighted by atomic mass is 16.3. The molecule has 0 atom stereocenters. The van der Waals surface area contributed by atoms with E-state index in [4.69, 9.17) is 0 Å². The molecule has 1 heteroatoms. The monoisotopic (exact) mass is 174 g/mol. The molecule has 0 spiro atoms. The number of hydrogen-bond acceptors (Lipinski definition) is 1. The second-order valence-corrected chi connectivity index (χ2v) is 3.90. The molecule has 0 heterocycles. The minimum atomic E-state index is -0.105. The van der Waals surface area contributed by atoms with Crippen molar-refractivity contribution in [1.29, 1.82) is 0 Å². The first-order chi connectivity index (χ1) is 6.15. The Morgan fingerprint density at radius 3 is 2.62 bits per heavy atom. The van der Waals surface area contributed by atoms with Crippen LogP contribution in [0.5, 0.6) is 0 Å². The van der Waals surface area contributed by atoms with Crippen LogP contribution in [0, 0.1) is 6.92 Å². The van der Waals surface area contributed by atoms with Gasteiger partial charge in [0.25, 0.3) is 0 Å². The van der Waals surface area contributed by atoms with Crippen molar-refractivity contribution in [2.75, 3.05) is 0 Å². The fraction of sp³-hybridized carbons (Fsp3) is 0.333. The highest BCUT2D eigenvalue weighted by Crippen LogP contribution is 2.52. The normalized spacial score (nSPS) is 18.2. The predicted octanol–water partition coefficient (Wildman–Crippen LogP) is 3.10. The molecule has 1 fully saturated rings. The van der Waals surface area contributed by atoms with Gasteiger partial charge in [-0.3, -0.25) is 0 Å². The molecule has 68 valence electrons. The van der Waals surface area contributed by atoms with E-state index in [2.05, 4.69) is 31.7 Å². The van der Waals surface area contributed by atoms with Crippen molar-refractivity contribution in [3.8, 4) is 0 Å². The smallest absolute Gasteiger partial charge is 0.0956 e. The van der Waals surface area contributed by atoms with Gasteiger partial charge >= 0.3 is 0 Å². The molecule has 1 aromatic rings. The molecule has 0 bridgehead atoms. The first kappa shape index (κ1) is 8.36. The van der Waals surface area contributed by atoms with Crippen molar-refractivity contribution in [2.24, 2.45) is 0 Å². The molecule has 0 radical (unpaired) electrons. The molecule has 1 aromatic carbocycles. The number of aliphatic hydroxyl groups is 1. The fourth-order valence-corrected chi connectivity index (χ4v) is 1.81. The molecule has 1 N–H and O–H groups in total. The molecule has 0 saturated heterocycles. The summed E-state index contributed by atoms with van der Waals surface area (Å²) in [5, 5.41) is 9.49. The fourth-order valence-electron chi connectivity index (χ4n) is 1.81. The average molecular weight is 174 g/mol. The summed E-state index contributed by atoms with van der Waals surface area (Å²) in [4.78, 5) is 0. The van der Waals surface area contributed by atoms with E-state index in [0.717, 1.165) is 12.8 Å². The number of aryl methyl sites for hydroxylation is 1. The van der Waals surface area contributed by atoms with Crippen LogP contribution in [0.1, 0.15) is 24.0 Å². The Labute approximate surface area is 78.7 Å². The quantitative estimate of drug-likeness (QED) is 0.683. The van der Waals surface area contributed by atoms with E-state index in [1.165, 1.54) is 11.1 Å². The molecule has 0 aromatic heterocycles. The van der Waals surface area contributed by atoms with Gasteiger partial charge in [0, 0.05) is 0 Å². The van der Waals surface area contributed by atoms with E-state index >= 15 is 0 Å². The van der Waals surface area contributed by atoms with Crippen molar-refractivity contribution in [2.45, 2.75) is 25.2 Å². The third-order valence-electron chi connectivity index (χ3n) is 2.87. The highest BCUT2D eigenvalue weighted by molar-refractivity contribution is 5.40. The Kier molecular flexibility index (Phi) is 1.69. The van der Waals surface area contributed by atoms with Gasteiger partial charge in [0.15, 0.2) is 0 Å². The summed E-state index contributed by atoms with van der Waals surface area (Å²) >= 11 is 0. The van der Waals surface area contributed by atoms with Gasteiger partial charge in [-0.2, -0.15) is 0 Å². The van der Waals surface area contributed by atoms with Gasteiger partial charge in [-0.1, -0.05) is 36.4 Å². The summed E-state index contributed by atoms with van der Waals surface area (Å²) in [5.41, 5.74) is 2.34. The van der Waals surface area contributed by atoms with Crippen LogP contribution < -0.4 is 0 Å². The number of aliphatic hydroxyl groups excluding tert-OH is 1. The van der Waals surface area contributed by atoms with Gasteiger partial charge in [0.1, 0.15) is 0 Å². The lowest BCUT2D eigenvalue weighted by atomic mass is 9.93. The molecule has 1 aliphatic carbocycles. The molecule has 1 nitrogen and oxygen atoms in total. The zero-order chi connectivity index (χ0) is 9.47. The van der Waals surface area contributed by atoms with Gasteiger partial charge < -0.3 is 5.11 Å². The van der Waals surface area contributed by atoms with Crippen molar-refractivity contribution in [3.63, 3.8) is 0 Å². The van der Waals surface area contributed by atoms with E-state index in [-0.39, 0.29) is 5.41 Å². The van der Waals surface area contributed by atoms with E-state index < -0.39 is 0 Å². The topological polar surface area (TPSA) is 20.2 Å². The maximum atomic E-state index is 9.49. The molecule has 1 saturated carbocycles. The second kappa shape index (κ2) is 2.63. The van der Waals surface area contributed by atoms with Crippen LogP contribution in [0.3, 0.4) is 0 Å². The van der Waals surface area contributed by atoms with Gasteiger partial charge in [0.05, 0.1) is 11.2 Å². The molecule has 13 heavy (non-hydrogen) atoms. The van der Waals surface area contributed by atoms with Crippen molar-refractivity contribution in [3.05, 3.63) is 47.7 Å². The van der Waals surface area contributed by atoms with Crippen LogP contribution in [-0.4, -0.2) is 5.11 Å². The lowest BCUT2D eigenvalue weighted by Crippen LogP contribution is -2.08. The van der Waals surface area contributed by atoms with Gasteiger partial charge in [-0.05, 0) is 25.3 Å². The van der Waals surface area contributed by atoms with Crippen LogP contribution in [0.2, 0.25) is 0 Å². The number of hydrogen-bond donors (Lipinski definition) is 1. The SMILES string of the molecule is C=C(O)C1(c2cccc(C)c2)CC1. The first-order valence-corrected chi connectivity index (χ1v) is 4.61. The maximum absolute atomic E-state index is 9.49. The van der Waals surface area contributed by atoms with Gasteiger partial charge in [-0.15, -0.1) is 0 Å². The minimum Gasteiger partial charge on any atom is -0.512 e. The number of rotatable bonds is 2. The van der Waals surface area contributed by atoms with E-state index in [1.54, 1.807) is 0 Å². The van der Waals surface area contributed by atoms with Crippen LogP contribution >= 0.6 is 0 Å². The van der Waals surface area contributed by atoms with E-state index in [1.807, 2.05) is 6.07 Å². The molecule has 2 rings (SSSR count). The standard InChI is InChI=1S/C12H14O/c1-9-4-3-5-11(8-9)12(6-7-12)10(2)13/h3-5,8,13H,2,6-7H2,1H3. The molecular formula is C12H14O. The number of benzene rings is 1. The lowest BCUT2D eigenvalue weighted by Gasteiger charge is -2.14. The molecular weight excluding hydrogens is 160 g/mol. The Morgan fingerprint density at radius 1 is 1.46 bits per heavy atom. The highest BCUT2D eigenvalue weighted by Gasteiger charge is 2.47. The molecule has 0 unspecified atom stereocenters. The molecule has 1 aliphatic rings. The summed E-state index contributed by atoms with van der Waals surface area (Å²) in [6, 6.07) is 8.31. The van der Waals surface area contributed by atoms with Crippen LogP contribution in [0.15, 0.2) is 36.6 Å². The van der Waals surface area contributed by atoms with Crippen molar-refractivity contribution < 1.29 is 5.11 Å². The third kappa shape index (κ3) is 1.24. The lowest BCUT2D eigenvalue weighted by molar-refractivity contribution is 0.362. The summed E-state index contributed by atoms with van der Waals surface area (Å²) in [5.74, 6) is 0.318. The minimum absolute atomic E-state index is 0.105. The summed E-state index contributed by atoms with van der Waals surface area (Å²) in [6.07, 6.45) is 2.07. The summed E-state index contributed by atoms with van der Waals surface area (Å²) in [6.45, 7) is 5.72.